The van der Waals surface area contributed by atoms with Crippen LogP contribution in [0, 0.1) is 0 Å². The number of rotatable bonds is 8. The largest absolute Gasteiger partial charge is 0.507 e. The zero-order valence-electron chi connectivity index (χ0n) is 18.4. The minimum atomic E-state index is -0.777. The first kappa shape index (κ1) is 23.2. The van der Waals surface area contributed by atoms with E-state index in [4.69, 9.17) is 9.47 Å². The number of esters is 1. The molecule has 0 spiro atoms. The van der Waals surface area contributed by atoms with Crippen molar-refractivity contribution < 1.29 is 29.0 Å². The zero-order valence-corrected chi connectivity index (χ0v) is 18.4. The summed E-state index contributed by atoms with van der Waals surface area (Å²) in [4.78, 5) is 39.1. The Morgan fingerprint density at radius 3 is 2.28 bits per heavy atom. The molecule has 0 bridgehead atoms. The summed E-state index contributed by atoms with van der Waals surface area (Å²) in [6.45, 7) is 4.57. The van der Waals surface area contributed by atoms with E-state index in [-0.39, 0.29) is 24.0 Å². The van der Waals surface area contributed by atoms with Gasteiger partial charge in [-0.3, -0.25) is 9.59 Å². The molecule has 0 saturated carbocycles. The quantitative estimate of drug-likeness (QED) is 0.223. The van der Waals surface area contributed by atoms with Gasteiger partial charge in [0.25, 0.3) is 11.7 Å². The lowest BCUT2D eigenvalue weighted by atomic mass is 9.94. The fraction of sp³-hybridized carbons (Fsp3) is 0.320. The zero-order chi connectivity index (χ0) is 23.3. The second-order valence-corrected chi connectivity index (χ2v) is 7.75. The van der Waals surface area contributed by atoms with Crippen molar-refractivity contribution >= 4 is 23.4 Å². The predicted octanol–water partition coefficient (Wildman–Crippen LogP) is 3.71. The van der Waals surface area contributed by atoms with Gasteiger partial charge in [-0.1, -0.05) is 42.5 Å². The molecule has 0 radical (unpaired) electrons. The van der Waals surface area contributed by atoms with Crippen LogP contribution in [-0.4, -0.2) is 54.0 Å². The summed E-state index contributed by atoms with van der Waals surface area (Å²) < 4.78 is 10.3. The molecule has 1 amide bonds. The summed E-state index contributed by atoms with van der Waals surface area (Å²) >= 11 is 0. The monoisotopic (exact) mass is 437 g/mol. The van der Waals surface area contributed by atoms with Gasteiger partial charge >= 0.3 is 5.97 Å². The Morgan fingerprint density at radius 1 is 1.03 bits per heavy atom. The number of carbonyl (C=O) groups excluding carboxylic acids is 3. The van der Waals surface area contributed by atoms with Crippen LogP contribution in [0.15, 0.2) is 60.2 Å². The molecule has 32 heavy (non-hydrogen) atoms. The number of carbonyl (C=O) groups is 3. The highest BCUT2D eigenvalue weighted by Crippen LogP contribution is 2.39. The number of aliphatic hydroxyl groups excluding tert-OH is 1. The molecule has 2 aromatic rings. The maximum absolute atomic E-state index is 13.0. The van der Waals surface area contributed by atoms with E-state index in [1.165, 1.54) is 12.0 Å². The van der Waals surface area contributed by atoms with Gasteiger partial charge in [0, 0.05) is 18.7 Å². The van der Waals surface area contributed by atoms with E-state index in [9.17, 15) is 19.5 Å². The maximum atomic E-state index is 13.0. The Kier molecular flexibility index (Phi) is 7.43. The molecule has 1 heterocycles. The number of ether oxygens (including phenoxy) is 2. The summed E-state index contributed by atoms with van der Waals surface area (Å²) in [7, 11) is 1.30. The van der Waals surface area contributed by atoms with Crippen LogP contribution in [0.1, 0.15) is 47.8 Å². The molecule has 1 fully saturated rings. The van der Waals surface area contributed by atoms with E-state index in [0.717, 1.165) is 0 Å². The molecule has 1 atom stereocenters. The number of likely N-dealkylation sites (tertiary alicyclic amines) is 1. The molecule has 3 rings (SSSR count). The number of hydrogen-bond acceptors (Lipinski definition) is 6. The SMILES string of the molecule is COC(=O)c1ccc([C@H]2C(=C(O)c3ccccc3)C(=O)C(=O)N2CCCOC(C)C)cc1. The number of aliphatic hydroxyl groups is 1. The first-order valence-electron chi connectivity index (χ1n) is 10.5. The Balaban J connectivity index is 2.02. The molecule has 0 aliphatic carbocycles. The van der Waals surface area contributed by atoms with Gasteiger partial charge in [0.2, 0.25) is 0 Å². The van der Waals surface area contributed by atoms with Crippen molar-refractivity contribution in [1.82, 2.24) is 4.90 Å². The van der Waals surface area contributed by atoms with E-state index in [1.807, 2.05) is 13.8 Å². The number of hydrogen-bond donors (Lipinski definition) is 1. The molecular weight excluding hydrogens is 410 g/mol. The third kappa shape index (κ3) is 4.89. The summed E-state index contributed by atoms with van der Waals surface area (Å²) in [5, 5.41) is 11.0. The lowest BCUT2D eigenvalue weighted by Gasteiger charge is -2.25. The summed E-state index contributed by atoms with van der Waals surface area (Å²) in [6.07, 6.45) is 0.595. The van der Waals surface area contributed by atoms with Crippen LogP contribution in [0.5, 0.6) is 0 Å². The van der Waals surface area contributed by atoms with Crippen molar-refractivity contribution in [2.75, 3.05) is 20.3 Å². The van der Waals surface area contributed by atoms with Crippen molar-refractivity contribution in [1.29, 1.82) is 0 Å². The second-order valence-electron chi connectivity index (χ2n) is 7.75. The van der Waals surface area contributed by atoms with Gasteiger partial charge in [0.1, 0.15) is 5.76 Å². The van der Waals surface area contributed by atoms with Crippen molar-refractivity contribution in [2.24, 2.45) is 0 Å². The van der Waals surface area contributed by atoms with Crippen molar-refractivity contribution in [3.63, 3.8) is 0 Å². The van der Waals surface area contributed by atoms with Gasteiger partial charge in [-0.25, -0.2) is 4.79 Å². The second kappa shape index (κ2) is 10.2. The standard InChI is InChI=1S/C25H27NO6/c1-16(2)32-15-7-14-26-21(17-10-12-19(13-11-17)25(30)31-3)20(23(28)24(26)29)22(27)18-8-5-4-6-9-18/h4-6,8-13,16,21,27H,7,14-15H2,1-3H3/t21-/m0/s1. The fourth-order valence-electron chi connectivity index (χ4n) is 3.68. The van der Waals surface area contributed by atoms with E-state index >= 15 is 0 Å². The first-order chi connectivity index (χ1) is 15.3. The van der Waals surface area contributed by atoms with Gasteiger partial charge in [0.15, 0.2) is 0 Å². The van der Waals surface area contributed by atoms with Crippen molar-refractivity contribution in [3.05, 3.63) is 76.9 Å². The predicted molar refractivity (Wildman–Crippen MR) is 119 cm³/mol. The number of methoxy groups -OCH3 is 1. The molecular formula is C25H27NO6. The molecule has 7 nitrogen and oxygen atoms in total. The molecule has 168 valence electrons. The van der Waals surface area contributed by atoms with E-state index in [1.54, 1.807) is 54.6 Å². The van der Waals surface area contributed by atoms with Crippen LogP contribution in [0.2, 0.25) is 0 Å². The topological polar surface area (TPSA) is 93.1 Å². The Hall–Kier alpha value is -3.45. The highest BCUT2D eigenvalue weighted by molar-refractivity contribution is 6.46. The summed E-state index contributed by atoms with van der Waals surface area (Å²) in [6, 6.07) is 14.3. The number of nitrogens with zero attached hydrogens (tertiary/aromatic N) is 1. The van der Waals surface area contributed by atoms with Gasteiger partial charge in [-0.2, -0.15) is 0 Å². The minimum Gasteiger partial charge on any atom is -0.507 e. The lowest BCUT2D eigenvalue weighted by Crippen LogP contribution is -2.31. The number of benzene rings is 2. The number of ketones is 1. The number of Topliss-reactive ketones (excluding diaryl/α,β-unsaturated/α-hetero) is 1. The summed E-state index contributed by atoms with van der Waals surface area (Å²) in [5.74, 6) is -2.13. The van der Waals surface area contributed by atoms with Crippen LogP contribution in [0.25, 0.3) is 5.76 Å². The third-order valence-electron chi connectivity index (χ3n) is 5.23. The normalized spacial score (nSPS) is 17.8. The number of amides is 1. The Morgan fingerprint density at radius 2 is 1.69 bits per heavy atom. The van der Waals surface area contributed by atoms with Gasteiger partial charge in [0.05, 0.1) is 30.4 Å². The Bertz CT molecular complexity index is 1010. The minimum absolute atomic E-state index is 0.0248. The smallest absolute Gasteiger partial charge is 0.337 e. The molecule has 1 aliphatic rings. The first-order valence-corrected chi connectivity index (χ1v) is 10.5. The van der Waals surface area contributed by atoms with Crippen LogP contribution in [-0.2, 0) is 19.1 Å². The molecule has 2 aromatic carbocycles. The van der Waals surface area contributed by atoms with E-state index in [0.29, 0.717) is 29.7 Å². The molecule has 1 saturated heterocycles. The average Bonchev–Trinajstić information content (AvgIpc) is 3.06. The average molecular weight is 437 g/mol. The molecule has 0 aromatic heterocycles. The maximum Gasteiger partial charge on any atom is 0.337 e. The molecule has 7 heteroatoms. The van der Waals surface area contributed by atoms with Crippen LogP contribution in [0.3, 0.4) is 0 Å². The van der Waals surface area contributed by atoms with Crippen LogP contribution < -0.4 is 0 Å². The molecule has 1 N–H and O–H groups in total. The molecule has 1 aliphatic heterocycles. The molecule has 0 unspecified atom stereocenters. The third-order valence-corrected chi connectivity index (χ3v) is 5.23. The van der Waals surface area contributed by atoms with E-state index < -0.39 is 23.7 Å². The van der Waals surface area contributed by atoms with E-state index in [2.05, 4.69) is 0 Å². The highest BCUT2D eigenvalue weighted by atomic mass is 16.5. The highest BCUT2D eigenvalue weighted by Gasteiger charge is 2.45. The van der Waals surface area contributed by atoms with Crippen LogP contribution >= 0.6 is 0 Å². The van der Waals surface area contributed by atoms with Crippen LogP contribution in [0.4, 0.5) is 0 Å². The van der Waals surface area contributed by atoms with Crippen molar-refractivity contribution in [2.45, 2.75) is 32.4 Å². The van der Waals surface area contributed by atoms with Gasteiger partial charge in [-0.15, -0.1) is 0 Å². The lowest BCUT2D eigenvalue weighted by molar-refractivity contribution is -0.140. The Labute approximate surface area is 187 Å². The van der Waals surface area contributed by atoms with Gasteiger partial charge < -0.3 is 19.5 Å². The van der Waals surface area contributed by atoms with Gasteiger partial charge in [-0.05, 0) is 38.0 Å². The summed E-state index contributed by atoms with van der Waals surface area (Å²) in [5.41, 5.74) is 1.43. The fourth-order valence-corrected chi connectivity index (χ4v) is 3.68. The van der Waals surface area contributed by atoms with Crippen molar-refractivity contribution in [3.8, 4) is 0 Å².